The Kier molecular flexibility index (Phi) is 6.46. The van der Waals surface area contributed by atoms with Crippen molar-refractivity contribution < 1.29 is 0 Å². The molecule has 1 aromatic heterocycles. The van der Waals surface area contributed by atoms with E-state index in [0.29, 0.717) is 0 Å². The van der Waals surface area contributed by atoms with Crippen LogP contribution in [0.2, 0.25) is 0 Å². The topological polar surface area (TPSA) is 12.9 Å². The summed E-state index contributed by atoms with van der Waals surface area (Å²) in [4.78, 5) is 4.62. The number of benzene rings is 1. The third kappa shape index (κ3) is 5.00. The lowest BCUT2D eigenvalue weighted by Crippen LogP contribution is -1.90. The molecule has 1 aromatic carbocycles. The lowest BCUT2D eigenvalue weighted by Gasteiger charge is -2.05. The SMILES string of the molecule is CCCCCc1ccc(-c2ccc(CCCC)cc2)nc1. The van der Waals surface area contributed by atoms with Crippen molar-refractivity contribution in [2.45, 2.75) is 58.8 Å². The second kappa shape index (κ2) is 8.61. The quantitative estimate of drug-likeness (QED) is 0.555. The summed E-state index contributed by atoms with van der Waals surface area (Å²) in [6.07, 6.45) is 10.7. The van der Waals surface area contributed by atoms with Gasteiger partial charge < -0.3 is 0 Å². The molecule has 0 saturated heterocycles. The molecule has 0 spiro atoms. The molecule has 0 amide bonds. The van der Waals surface area contributed by atoms with E-state index in [9.17, 15) is 0 Å². The highest BCUT2D eigenvalue weighted by Gasteiger charge is 2.01. The minimum atomic E-state index is 1.08. The maximum atomic E-state index is 4.62. The van der Waals surface area contributed by atoms with Gasteiger partial charge in [0.05, 0.1) is 5.69 Å². The van der Waals surface area contributed by atoms with Crippen LogP contribution in [0.4, 0.5) is 0 Å². The monoisotopic (exact) mass is 281 g/mol. The number of hydrogen-bond acceptors (Lipinski definition) is 1. The largest absolute Gasteiger partial charge is 0.256 e. The normalized spacial score (nSPS) is 10.8. The van der Waals surface area contributed by atoms with Crippen LogP contribution >= 0.6 is 0 Å². The van der Waals surface area contributed by atoms with Gasteiger partial charge in [-0.3, -0.25) is 4.98 Å². The van der Waals surface area contributed by atoms with Gasteiger partial charge in [0.25, 0.3) is 0 Å². The first-order valence-corrected chi connectivity index (χ1v) is 8.37. The minimum Gasteiger partial charge on any atom is -0.256 e. The number of rotatable bonds is 8. The highest BCUT2D eigenvalue weighted by molar-refractivity contribution is 5.59. The Labute approximate surface area is 129 Å². The zero-order chi connectivity index (χ0) is 14.9. The first-order chi connectivity index (χ1) is 10.3. The number of unbranched alkanes of at least 4 members (excludes halogenated alkanes) is 3. The molecule has 1 heterocycles. The molecule has 21 heavy (non-hydrogen) atoms. The van der Waals surface area contributed by atoms with Gasteiger partial charge in [-0.05, 0) is 42.9 Å². The molecule has 0 bridgehead atoms. The van der Waals surface area contributed by atoms with Gasteiger partial charge in [-0.1, -0.05) is 63.4 Å². The summed E-state index contributed by atoms with van der Waals surface area (Å²) in [7, 11) is 0. The van der Waals surface area contributed by atoms with Crippen LogP contribution in [-0.4, -0.2) is 4.98 Å². The predicted molar refractivity (Wildman–Crippen MR) is 91.5 cm³/mol. The van der Waals surface area contributed by atoms with E-state index in [1.807, 2.05) is 6.20 Å². The summed E-state index contributed by atoms with van der Waals surface area (Å²) < 4.78 is 0. The first-order valence-electron chi connectivity index (χ1n) is 8.37. The Hall–Kier alpha value is -1.63. The van der Waals surface area contributed by atoms with E-state index in [-0.39, 0.29) is 0 Å². The van der Waals surface area contributed by atoms with Crippen molar-refractivity contribution in [3.63, 3.8) is 0 Å². The van der Waals surface area contributed by atoms with E-state index >= 15 is 0 Å². The molecular formula is C20H27N. The van der Waals surface area contributed by atoms with Crippen LogP contribution < -0.4 is 0 Å². The molecule has 0 radical (unpaired) electrons. The van der Waals surface area contributed by atoms with Crippen LogP contribution in [0.25, 0.3) is 11.3 Å². The summed E-state index contributed by atoms with van der Waals surface area (Å²) in [5.74, 6) is 0. The average molecular weight is 281 g/mol. The minimum absolute atomic E-state index is 1.08. The standard InChI is InChI=1S/C20H27N/c1-3-5-7-9-18-12-15-20(21-16-18)19-13-10-17(11-14-19)8-6-4-2/h10-16H,3-9H2,1-2H3. The Morgan fingerprint density at radius 3 is 2.00 bits per heavy atom. The fourth-order valence-electron chi connectivity index (χ4n) is 2.55. The van der Waals surface area contributed by atoms with Crippen molar-refractivity contribution >= 4 is 0 Å². The van der Waals surface area contributed by atoms with Gasteiger partial charge >= 0.3 is 0 Å². The van der Waals surface area contributed by atoms with E-state index in [2.05, 4.69) is 55.2 Å². The van der Waals surface area contributed by atoms with Crippen LogP contribution in [0, 0.1) is 0 Å². The second-order valence-electron chi connectivity index (χ2n) is 5.81. The molecule has 0 aliphatic heterocycles. The number of nitrogens with zero attached hydrogens (tertiary/aromatic N) is 1. The molecule has 0 unspecified atom stereocenters. The van der Waals surface area contributed by atoms with Crippen LogP contribution in [0.5, 0.6) is 0 Å². The lowest BCUT2D eigenvalue weighted by atomic mass is 10.0. The maximum Gasteiger partial charge on any atom is 0.0702 e. The van der Waals surface area contributed by atoms with Gasteiger partial charge in [-0.15, -0.1) is 0 Å². The van der Waals surface area contributed by atoms with Crippen molar-refractivity contribution in [1.29, 1.82) is 0 Å². The summed E-state index contributed by atoms with van der Waals surface area (Å²) >= 11 is 0. The lowest BCUT2D eigenvalue weighted by molar-refractivity contribution is 0.716. The van der Waals surface area contributed by atoms with Gasteiger partial charge in [-0.2, -0.15) is 0 Å². The zero-order valence-corrected chi connectivity index (χ0v) is 13.4. The van der Waals surface area contributed by atoms with Crippen LogP contribution in [0.1, 0.15) is 57.1 Å². The molecule has 1 nitrogen and oxygen atoms in total. The number of pyridine rings is 1. The molecule has 0 atom stereocenters. The molecule has 0 saturated carbocycles. The van der Waals surface area contributed by atoms with Gasteiger partial charge in [-0.25, -0.2) is 0 Å². The van der Waals surface area contributed by atoms with E-state index in [4.69, 9.17) is 0 Å². The number of aromatic nitrogens is 1. The fraction of sp³-hybridized carbons (Fsp3) is 0.450. The van der Waals surface area contributed by atoms with Crippen LogP contribution in [-0.2, 0) is 12.8 Å². The van der Waals surface area contributed by atoms with Crippen LogP contribution in [0.15, 0.2) is 42.6 Å². The highest BCUT2D eigenvalue weighted by atomic mass is 14.7. The molecule has 2 aromatic rings. The molecule has 1 heteroatoms. The molecule has 0 aliphatic rings. The van der Waals surface area contributed by atoms with Crippen molar-refractivity contribution in [3.05, 3.63) is 53.7 Å². The van der Waals surface area contributed by atoms with Crippen molar-refractivity contribution in [1.82, 2.24) is 4.98 Å². The van der Waals surface area contributed by atoms with E-state index < -0.39 is 0 Å². The summed E-state index contributed by atoms with van der Waals surface area (Å²) in [6.45, 7) is 4.48. The Balaban J connectivity index is 1.97. The van der Waals surface area contributed by atoms with Crippen LogP contribution in [0.3, 0.4) is 0 Å². The fourth-order valence-corrected chi connectivity index (χ4v) is 2.55. The molecule has 0 N–H and O–H groups in total. The van der Waals surface area contributed by atoms with Crippen molar-refractivity contribution in [2.24, 2.45) is 0 Å². The Morgan fingerprint density at radius 2 is 1.38 bits per heavy atom. The van der Waals surface area contributed by atoms with E-state index in [1.54, 1.807) is 0 Å². The van der Waals surface area contributed by atoms with Gasteiger partial charge in [0.2, 0.25) is 0 Å². The predicted octanol–water partition coefficient (Wildman–Crippen LogP) is 5.82. The third-order valence-corrected chi connectivity index (χ3v) is 3.96. The van der Waals surface area contributed by atoms with Crippen molar-refractivity contribution in [2.75, 3.05) is 0 Å². The maximum absolute atomic E-state index is 4.62. The van der Waals surface area contributed by atoms with E-state index in [0.717, 1.165) is 12.1 Å². The second-order valence-corrected chi connectivity index (χ2v) is 5.81. The molecule has 0 fully saturated rings. The van der Waals surface area contributed by atoms with E-state index in [1.165, 1.54) is 55.2 Å². The first kappa shape index (κ1) is 15.8. The molecule has 0 aliphatic carbocycles. The summed E-state index contributed by atoms with van der Waals surface area (Å²) in [6, 6.07) is 13.3. The Morgan fingerprint density at radius 1 is 0.714 bits per heavy atom. The Bertz CT molecular complexity index is 511. The smallest absolute Gasteiger partial charge is 0.0702 e. The summed E-state index contributed by atoms with van der Waals surface area (Å²) in [5, 5.41) is 0. The van der Waals surface area contributed by atoms with Gasteiger partial charge in [0.15, 0.2) is 0 Å². The molecule has 2 rings (SSSR count). The van der Waals surface area contributed by atoms with Gasteiger partial charge in [0.1, 0.15) is 0 Å². The zero-order valence-electron chi connectivity index (χ0n) is 13.4. The summed E-state index contributed by atoms with van der Waals surface area (Å²) in [5.41, 5.74) is 5.08. The third-order valence-electron chi connectivity index (χ3n) is 3.96. The number of aryl methyl sites for hydroxylation is 2. The molecular weight excluding hydrogens is 254 g/mol. The molecule has 112 valence electrons. The average Bonchev–Trinajstić information content (AvgIpc) is 2.54. The highest BCUT2D eigenvalue weighted by Crippen LogP contribution is 2.19. The number of hydrogen-bond donors (Lipinski definition) is 0. The van der Waals surface area contributed by atoms with Crippen molar-refractivity contribution in [3.8, 4) is 11.3 Å². The van der Waals surface area contributed by atoms with Gasteiger partial charge in [0, 0.05) is 11.8 Å².